The van der Waals surface area contributed by atoms with Gasteiger partial charge in [0, 0.05) is 38.1 Å². The number of ether oxygens (including phenoxy) is 1. The first-order chi connectivity index (χ1) is 13.0. The average molecular weight is 380 g/mol. The van der Waals surface area contributed by atoms with Crippen LogP contribution in [0, 0.1) is 5.92 Å². The number of nitrogens with zero attached hydrogens (tertiary/aromatic N) is 2. The monoisotopic (exact) mass is 379 g/mol. The van der Waals surface area contributed by atoms with Gasteiger partial charge in [-0.15, -0.1) is 0 Å². The highest BCUT2D eigenvalue weighted by Crippen LogP contribution is 2.23. The maximum absolute atomic E-state index is 12.9. The van der Waals surface area contributed by atoms with Crippen LogP contribution < -0.4 is 5.32 Å². The van der Waals surface area contributed by atoms with Crippen molar-refractivity contribution < 1.29 is 14.3 Å². The molecule has 1 N–H and O–H groups in total. The minimum atomic E-state index is 0.0490. The summed E-state index contributed by atoms with van der Waals surface area (Å²) >= 11 is 0. The summed E-state index contributed by atoms with van der Waals surface area (Å²) in [5.74, 6) is 0.296. The number of urea groups is 1. The van der Waals surface area contributed by atoms with Gasteiger partial charge < -0.3 is 19.9 Å². The number of carbonyl (C=O) groups is 2. The quantitative estimate of drug-likeness (QED) is 0.802. The number of hydrogen-bond donors (Lipinski definition) is 1. The lowest BCUT2D eigenvalue weighted by molar-refractivity contribution is -0.148. The van der Waals surface area contributed by atoms with Gasteiger partial charge in [0.05, 0.1) is 12.2 Å². The zero-order valence-corrected chi connectivity index (χ0v) is 17.1. The van der Waals surface area contributed by atoms with Crippen molar-refractivity contribution in [3.8, 4) is 0 Å². The molecule has 2 heterocycles. The van der Waals surface area contributed by atoms with Gasteiger partial charge in [-0.1, -0.05) is 32.1 Å². The number of hydrogen-bond acceptors (Lipinski definition) is 3. The number of likely N-dealkylation sites (tertiary alicyclic amines) is 1. The molecule has 3 fully saturated rings. The number of piperidine rings is 1. The van der Waals surface area contributed by atoms with Crippen LogP contribution in [0.2, 0.25) is 0 Å². The van der Waals surface area contributed by atoms with Crippen LogP contribution in [0.1, 0.15) is 71.6 Å². The third kappa shape index (κ3) is 5.84. The Labute approximate surface area is 164 Å². The van der Waals surface area contributed by atoms with Gasteiger partial charge in [0.1, 0.15) is 0 Å². The third-order valence-electron chi connectivity index (χ3n) is 6.30. The Morgan fingerprint density at radius 3 is 1.96 bits per heavy atom. The molecule has 0 aromatic carbocycles. The van der Waals surface area contributed by atoms with Crippen LogP contribution >= 0.6 is 0 Å². The average Bonchev–Trinajstić information content (AvgIpc) is 2.62. The van der Waals surface area contributed by atoms with E-state index in [-0.39, 0.29) is 30.1 Å². The van der Waals surface area contributed by atoms with Crippen LogP contribution in [0.4, 0.5) is 4.79 Å². The number of carbonyl (C=O) groups excluding carboxylic acids is 2. The zero-order chi connectivity index (χ0) is 19.2. The number of rotatable bonds is 2. The largest absolute Gasteiger partial charge is 0.372 e. The second kappa shape index (κ2) is 9.76. The van der Waals surface area contributed by atoms with Gasteiger partial charge in [-0.3, -0.25) is 4.79 Å². The van der Waals surface area contributed by atoms with E-state index in [1.54, 1.807) is 0 Å². The van der Waals surface area contributed by atoms with Gasteiger partial charge >= 0.3 is 6.03 Å². The van der Waals surface area contributed by atoms with E-state index in [2.05, 4.69) is 5.32 Å². The molecule has 2 saturated heterocycles. The van der Waals surface area contributed by atoms with Crippen molar-refractivity contribution in [3.05, 3.63) is 0 Å². The zero-order valence-electron chi connectivity index (χ0n) is 17.1. The van der Waals surface area contributed by atoms with Crippen LogP contribution in [-0.4, -0.2) is 66.2 Å². The van der Waals surface area contributed by atoms with Gasteiger partial charge in [-0.25, -0.2) is 4.79 Å². The minimum Gasteiger partial charge on any atom is -0.372 e. The summed E-state index contributed by atoms with van der Waals surface area (Å²) in [6.07, 6.45) is 10.3. The van der Waals surface area contributed by atoms with E-state index in [4.69, 9.17) is 4.74 Å². The van der Waals surface area contributed by atoms with Gasteiger partial charge in [0.2, 0.25) is 5.91 Å². The molecule has 0 aromatic rings. The highest BCUT2D eigenvalue weighted by molar-refractivity contribution is 5.80. The highest BCUT2D eigenvalue weighted by atomic mass is 16.5. The molecule has 1 saturated carbocycles. The molecule has 0 radical (unpaired) electrons. The molecular formula is C21H37N3O3. The summed E-state index contributed by atoms with van der Waals surface area (Å²) in [6.45, 7) is 6.79. The van der Waals surface area contributed by atoms with Crippen molar-refractivity contribution in [2.45, 2.75) is 89.9 Å². The standard InChI is InChI=1S/C21H37N3O3/c1-16-14-24(15-17(2)27-16)20(25)18-10-12-23(13-11-18)21(26)22-19-8-6-4-3-5-7-9-19/h16-19H,3-15H2,1-2H3,(H,22,26)/t16-,17-/m1/s1. The molecule has 0 spiro atoms. The third-order valence-corrected chi connectivity index (χ3v) is 6.30. The van der Waals surface area contributed by atoms with Crippen LogP contribution in [0.15, 0.2) is 0 Å². The van der Waals surface area contributed by atoms with Crippen molar-refractivity contribution >= 4 is 11.9 Å². The van der Waals surface area contributed by atoms with Crippen molar-refractivity contribution in [2.75, 3.05) is 26.2 Å². The fourth-order valence-electron chi connectivity index (χ4n) is 4.81. The molecule has 154 valence electrons. The Kier molecular flexibility index (Phi) is 7.39. The Morgan fingerprint density at radius 1 is 0.815 bits per heavy atom. The van der Waals surface area contributed by atoms with Crippen LogP contribution in [0.25, 0.3) is 0 Å². The fraction of sp³-hybridized carbons (Fsp3) is 0.905. The van der Waals surface area contributed by atoms with Crippen molar-refractivity contribution in [1.29, 1.82) is 0 Å². The van der Waals surface area contributed by atoms with E-state index >= 15 is 0 Å². The second-order valence-electron chi connectivity index (χ2n) is 8.75. The Bertz CT molecular complexity index is 487. The lowest BCUT2D eigenvalue weighted by Crippen LogP contribution is -2.53. The van der Waals surface area contributed by atoms with Crippen LogP contribution in [0.3, 0.4) is 0 Å². The van der Waals surface area contributed by atoms with Gasteiger partial charge in [-0.05, 0) is 39.5 Å². The molecule has 1 aliphatic carbocycles. The summed E-state index contributed by atoms with van der Waals surface area (Å²) in [4.78, 5) is 29.4. The summed E-state index contributed by atoms with van der Waals surface area (Å²) < 4.78 is 5.74. The van der Waals surface area contributed by atoms with Gasteiger partial charge in [-0.2, -0.15) is 0 Å². The summed E-state index contributed by atoms with van der Waals surface area (Å²) in [6, 6.07) is 0.397. The van der Waals surface area contributed by atoms with E-state index in [9.17, 15) is 9.59 Å². The number of amides is 3. The smallest absolute Gasteiger partial charge is 0.317 e. The summed E-state index contributed by atoms with van der Waals surface area (Å²) in [5, 5.41) is 3.25. The fourth-order valence-corrected chi connectivity index (χ4v) is 4.81. The topological polar surface area (TPSA) is 61.9 Å². The predicted octanol–water partition coefficient (Wildman–Crippen LogP) is 3.16. The van der Waals surface area contributed by atoms with Crippen molar-refractivity contribution in [3.63, 3.8) is 0 Å². The number of morpholine rings is 1. The maximum atomic E-state index is 12.9. The lowest BCUT2D eigenvalue weighted by Gasteiger charge is -2.39. The number of nitrogens with one attached hydrogen (secondary N) is 1. The molecule has 3 aliphatic rings. The summed E-state index contributed by atoms with van der Waals surface area (Å²) in [7, 11) is 0. The molecular weight excluding hydrogens is 342 g/mol. The molecule has 0 aromatic heterocycles. The lowest BCUT2D eigenvalue weighted by atomic mass is 9.94. The van der Waals surface area contributed by atoms with Gasteiger partial charge in [0.15, 0.2) is 0 Å². The van der Waals surface area contributed by atoms with E-state index in [1.807, 2.05) is 23.6 Å². The molecule has 3 rings (SSSR count). The minimum absolute atomic E-state index is 0.0490. The highest BCUT2D eigenvalue weighted by Gasteiger charge is 2.33. The van der Waals surface area contributed by atoms with E-state index < -0.39 is 0 Å². The molecule has 0 unspecified atom stereocenters. The van der Waals surface area contributed by atoms with Gasteiger partial charge in [0.25, 0.3) is 0 Å². The first-order valence-electron chi connectivity index (χ1n) is 11.0. The van der Waals surface area contributed by atoms with Crippen molar-refractivity contribution in [1.82, 2.24) is 15.1 Å². The molecule has 2 atom stereocenters. The molecule has 3 amide bonds. The molecule has 2 aliphatic heterocycles. The first kappa shape index (κ1) is 20.4. The van der Waals surface area contributed by atoms with Crippen molar-refractivity contribution in [2.24, 2.45) is 5.92 Å². The van der Waals surface area contributed by atoms with E-state index in [1.165, 1.54) is 32.1 Å². The molecule has 6 heteroatoms. The maximum Gasteiger partial charge on any atom is 0.317 e. The van der Waals surface area contributed by atoms with Crippen LogP contribution in [-0.2, 0) is 9.53 Å². The molecule has 6 nitrogen and oxygen atoms in total. The van der Waals surface area contributed by atoms with Crippen LogP contribution in [0.5, 0.6) is 0 Å². The van der Waals surface area contributed by atoms with E-state index in [0.29, 0.717) is 32.2 Å². The Balaban J connectivity index is 1.43. The predicted molar refractivity (Wildman–Crippen MR) is 106 cm³/mol. The molecule has 0 bridgehead atoms. The second-order valence-corrected chi connectivity index (χ2v) is 8.75. The Hall–Kier alpha value is -1.30. The van der Waals surface area contributed by atoms with E-state index in [0.717, 1.165) is 25.7 Å². The SMILES string of the molecule is C[C@@H]1CN(C(=O)C2CCN(C(=O)NC3CCCCCCC3)CC2)C[C@@H](C)O1. The normalized spacial score (nSPS) is 29.1. The first-order valence-corrected chi connectivity index (χ1v) is 11.0. The Morgan fingerprint density at radius 2 is 1.37 bits per heavy atom. The summed E-state index contributed by atoms with van der Waals surface area (Å²) in [5.41, 5.74) is 0. The molecule has 27 heavy (non-hydrogen) atoms.